The molecule has 2 amide bonds. The van der Waals surface area contributed by atoms with Crippen molar-refractivity contribution in [1.29, 1.82) is 0 Å². The van der Waals surface area contributed by atoms with Gasteiger partial charge >= 0.3 is 0 Å². The largest absolute Gasteiger partial charge is 0.496 e. The van der Waals surface area contributed by atoms with Gasteiger partial charge in [-0.3, -0.25) is 23.9 Å². The molecule has 1 aliphatic rings. The Balaban J connectivity index is 1.28. The van der Waals surface area contributed by atoms with Gasteiger partial charge in [0, 0.05) is 66.9 Å². The maximum Gasteiger partial charge on any atom is 0.274 e. The maximum absolute atomic E-state index is 13.1. The number of alkyl halides is 1. The van der Waals surface area contributed by atoms with Gasteiger partial charge in [-0.05, 0) is 67.3 Å². The third-order valence-corrected chi connectivity index (χ3v) is 8.37. The zero-order valence-corrected chi connectivity index (χ0v) is 26.7. The van der Waals surface area contributed by atoms with Crippen LogP contribution in [0.5, 0.6) is 5.75 Å². The van der Waals surface area contributed by atoms with Crippen LogP contribution in [0.2, 0.25) is 5.02 Å². The van der Waals surface area contributed by atoms with E-state index in [9.17, 15) is 14.0 Å². The number of carbonyl (C=O) groups excluding carboxylic acids is 2. The lowest BCUT2D eigenvalue weighted by Gasteiger charge is -2.16. The molecule has 0 bridgehead atoms. The SMILES string of the molecule is COc1cc(-c2nccc(-c3cccc(NC(=O)c4ccc(CNC[C@@H]5CCC(=O)N5)cn4)c3C)c2Cl)ccc1CNCCCF. The Kier molecular flexibility index (Phi) is 11.3. The zero-order chi connectivity index (χ0) is 32.5. The number of nitrogens with zero attached hydrogens (tertiary/aromatic N) is 2. The molecule has 0 unspecified atom stereocenters. The van der Waals surface area contributed by atoms with Crippen molar-refractivity contribution in [2.45, 2.75) is 45.3 Å². The van der Waals surface area contributed by atoms with Gasteiger partial charge in [-0.1, -0.05) is 41.9 Å². The summed E-state index contributed by atoms with van der Waals surface area (Å²) in [5.41, 5.74) is 6.74. The number of rotatable bonds is 14. The third kappa shape index (κ3) is 8.06. The van der Waals surface area contributed by atoms with Crippen LogP contribution in [-0.4, -0.2) is 54.7 Å². The third-order valence-electron chi connectivity index (χ3n) is 7.99. The standard InChI is InChI=1S/C35H38ClFN6O3/c1-22-27(28-13-16-40-34(33(28)36)24-8-9-25(31(17-24)46-2)20-38-15-4-14-37)5-3-6-29(22)43-35(45)30-11-7-23(19-41-30)18-39-21-26-10-12-32(44)42-26/h3,5-9,11,13,16-17,19,26,38-39H,4,10,12,14-15,18,20-21H2,1-2H3,(H,42,44)(H,43,45)/t26-/m0/s1. The average Bonchev–Trinajstić information content (AvgIpc) is 3.49. The van der Waals surface area contributed by atoms with Crippen LogP contribution in [0.15, 0.2) is 67.0 Å². The first-order chi connectivity index (χ1) is 22.4. The van der Waals surface area contributed by atoms with Gasteiger partial charge in [-0.15, -0.1) is 0 Å². The lowest BCUT2D eigenvalue weighted by Crippen LogP contribution is -2.35. The van der Waals surface area contributed by atoms with E-state index in [0.717, 1.165) is 39.8 Å². The number of hydrogen-bond acceptors (Lipinski definition) is 7. The highest BCUT2D eigenvalue weighted by molar-refractivity contribution is 6.35. The van der Waals surface area contributed by atoms with Gasteiger partial charge in [0.2, 0.25) is 5.91 Å². The summed E-state index contributed by atoms with van der Waals surface area (Å²) in [6, 6.07) is 17.1. The number of nitrogens with one attached hydrogen (secondary N) is 4. The van der Waals surface area contributed by atoms with Crippen LogP contribution in [0.3, 0.4) is 0 Å². The predicted molar refractivity (Wildman–Crippen MR) is 179 cm³/mol. The molecule has 0 spiro atoms. The number of halogens is 2. The molecule has 5 rings (SSSR count). The van der Waals surface area contributed by atoms with E-state index < -0.39 is 0 Å². The monoisotopic (exact) mass is 644 g/mol. The molecule has 0 saturated carbocycles. The normalized spacial score (nSPS) is 14.3. The van der Waals surface area contributed by atoms with Crippen LogP contribution in [0.25, 0.3) is 22.4 Å². The average molecular weight is 645 g/mol. The van der Waals surface area contributed by atoms with Gasteiger partial charge in [-0.2, -0.15) is 0 Å². The van der Waals surface area contributed by atoms with Crippen molar-refractivity contribution in [3.63, 3.8) is 0 Å². The summed E-state index contributed by atoms with van der Waals surface area (Å²) in [6.07, 6.45) is 5.27. The van der Waals surface area contributed by atoms with E-state index in [1.54, 1.807) is 25.6 Å². The van der Waals surface area contributed by atoms with Gasteiger partial charge < -0.3 is 26.0 Å². The van der Waals surface area contributed by atoms with Crippen molar-refractivity contribution in [3.8, 4) is 28.1 Å². The molecule has 1 saturated heterocycles. The van der Waals surface area contributed by atoms with E-state index in [1.165, 1.54) is 0 Å². The summed E-state index contributed by atoms with van der Waals surface area (Å²) < 4.78 is 18.1. The topological polar surface area (TPSA) is 117 Å². The molecule has 2 aromatic heterocycles. The second kappa shape index (κ2) is 15.8. The molecular formula is C35H38ClFN6O3. The molecule has 1 atom stereocenters. The van der Waals surface area contributed by atoms with Crippen LogP contribution >= 0.6 is 11.6 Å². The highest BCUT2D eigenvalue weighted by atomic mass is 35.5. The number of amides is 2. The first-order valence-corrected chi connectivity index (χ1v) is 15.7. The van der Waals surface area contributed by atoms with Crippen LogP contribution in [0, 0.1) is 6.92 Å². The summed E-state index contributed by atoms with van der Waals surface area (Å²) in [5.74, 6) is 0.464. The second-order valence-corrected chi connectivity index (χ2v) is 11.6. The molecular weight excluding hydrogens is 607 g/mol. The summed E-state index contributed by atoms with van der Waals surface area (Å²) in [7, 11) is 1.61. The summed E-state index contributed by atoms with van der Waals surface area (Å²) in [4.78, 5) is 33.5. The molecule has 1 fully saturated rings. The number of benzene rings is 2. The minimum Gasteiger partial charge on any atom is -0.496 e. The first-order valence-electron chi connectivity index (χ1n) is 15.3. The van der Waals surface area contributed by atoms with Gasteiger partial charge in [-0.25, -0.2) is 0 Å². The number of pyridine rings is 2. The number of hydrogen-bond donors (Lipinski definition) is 4. The van der Waals surface area contributed by atoms with Crippen molar-refractivity contribution >= 4 is 29.1 Å². The molecule has 3 heterocycles. The Morgan fingerprint density at radius 1 is 1.09 bits per heavy atom. The van der Waals surface area contributed by atoms with E-state index in [4.69, 9.17) is 16.3 Å². The first kappa shape index (κ1) is 33.0. The fraction of sp³-hybridized carbons (Fsp3) is 0.314. The van der Waals surface area contributed by atoms with Crippen molar-refractivity contribution in [1.82, 2.24) is 25.9 Å². The van der Waals surface area contributed by atoms with E-state index >= 15 is 0 Å². The molecule has 11 heteroatoms. The summed E-state index contributed by atoms with van der Waals surface area (Å²) >= 11 is 6.98. The van der Waals surface area contributed by atoms with Gasteiger partial charge in [0.25, 0.3) is 5.91 Å². The van der Waals surface area contributed by atoms with E-state index in [-0.39, 0.29) is 24.5 Å². The van der Waals surface area contributed by atoms with Crippen molar-refractivity contribution < 1.29 is 18.7 Å². The quantitative estimate of drug-likeness (QED) is 0.127. The molecule has 1 aliphatic heterocycles. The smallest absolute Gasteiger partial charge is 0.274 e. The predicted octanol–water partition coefficient (Wildman–Crippen LogP) is 5.85. The molecule has 2 aromatic carbocycles. The molecule has 4 N–H and O–H groups in total. The Morgan fingerprint density at radius 2 is 1.96 bits per heavy atom. The van der Waals surface area contributed by atoms with E-state index in [1.807, 2.05) is 55.5 Å². The minimum atomic E-state index is -0.354. The number of anilines is 1. The summed E-state index contributed by atoms with van der Waals surface area (Å²) in [6.45, 7) is 4.00. The number of ether oxygens (including phenoxy) is 1. The Hall–Kier alpha value is -4.38. The summed E-state index contributed by atoms with van der Waals surface area (Å²) in [5, 5.41) is 13.0. The zero-order valence-electron chi connectivity index (χ0n) is 26.0. The van der Waals surface area contributed by atoms with E-state index in [0.29, 0.717) is 66.9 Å². The van der Waals surface area contributed by atoms with Crippen LogP contribution in [-0.2, 0) is 17.9 Å². The van der Waals surface area contributed by atoms with Gasteiger partial charge in [0.1, 0.15) is 11.4 Å². The molecule has 4 aromatic rings. The van der Waals surface area contributed by atoms with Crippen LogP contribution in [0.4, 0.5) is 10.1 Å². The number of aromatic nitrogens is 2. The minimum absolute atomic E-state index is 0.0954. The molecule has 240 valence electrons. The maximum atomic E-state index is 13.1. The Bertz CT molecular complexity index is 1680. The highest BCUT2D eigenvalue weighted by Crippen LogP contribution is 2.39. The molecule has 0 aliphatic carbocycles. The van der Waals surface area contributed by atoms with Gasteiger partial charge in [0.05, 0.1) is 24.5 Å². The van der Waals surface area contributed by atoms with Crippen LogP contribution in [0.1, 0.15) is 46.4 Å². The fourth-order valence-electron chi connectivity index (χ4n) is 5.44. The van der Waals surface area contributed by atoms with Crippen LogP contribution < -0.4 is 26.0 Å². The van der Waals surface area contributed by atoms with E-state index in [2.05, 4.69) is 31.2 Å². The molecule has 0 radical (unpaired) electrons. The van der Waals surface area contributed by atoms with Crippen molar-refractivity contribution in [2.24, 2.45) is 0 Å². The Morgan fingerprint density at radius 3 is 2.70 bits per heavy atom. The fourth-order valence-corrected chi connectivity index (χ4v) is 5.76. The number of methoxy groups -OCH3 is 1. The Labute approximate surface area is 273 Å². The van der Waals surface area contributed by atoms with Gasteiger partial charge in [0.15, 0.2) is 0 Å². The molecule has 9 nitrogen and oxygen atoms in total. The lowest BCUT2D eigenvalue weighted by molar-refractivity contribution is -0.119. The lowest BCUT2D eigenvalue weighted by atomic mass is 9.97. The number of carbonyl (C=O) groups is 2. The molecule has 46 heavy (non-hydrogen) atoms. The van der Waals surface area contributed by atoms with Crippen molar-refractivity contribution in [3.05, 3.63) is 94.4 Å². The second-order valence-electron chi connectivity index (χ2n) is 11.2. The highest BCUT2D eigenvalue weighted by Gasteiger charge is 2.20. The van der Waals surface area contributed by atoms with Crippen molar-refractivity contribution in [2.75, 3.05) is 32.2 Å².